The minimum Gasteiger partial charge on any atom is -2.00 e. The van der Waals surface area contributed by atoms with E-state index in [9.17, 15) is 290 Å². The fourth-order valence-electron chi connectivity index (χ4n) is 2.26. The fraction of sp³-hybridized carbons (Fsp3) is 0.400. The molecule has 0 aliphatic carbocycles. The first-order chi connectivity index (χ1) is 44.4. The topological polar surface area (TPSA) is 435 Å². The molecule has 0 heterocycles. The fourth-order valence-corrected chi connectivity index (χ4v) is 2.26. The van der Waals surface area contributed by atoms with E-state index in [2.05, 4.69) is 0 Å². The Labute approximate surface area is 636 Å². The number of carbonyl (C=O) groups excluding carboxylic acids is 8. The van der Waals surface area contributed by atoms with Gasteiger partial charge in [0.25, 0.3) is 46.3 Å². The molecule has 0 spiro atoms. The van der Waals surface area contributed by atoms with Crippen molar-refractivity contribution >= 4 is 46.3 Å². The van der Waals surface area contributed by atoms with Crippen LogP contribution in [0.3, 0.4) is 0 Å². The number of alkyl halides is 48. The molecule has 0 amide bonds. The molecule has 0 rings (SSSR count). The zero-order chi connectivity index (χ0) is 86.9. The van der Waals surface area contributed by atoms with E-state index in [0.717, 1.165) is 0 Å². The van der Waals surface area contributed by atoms with E-state index in [1.54, 1.807) is 0 Å². The van der Waals surface area contributed by atoms with E-state index in [1.807, 2.05) is 0 Å². The van der Waals surface area contributed by atoms with Crippen molar-refractivity contribution in [1.29, 1.82) is 0 Å². The molecule has 72 heteroatoms. The van der Waals surface area contributed by atoms with E-state index >= 15 is 0 Å². The number of allylic oxidation sites excluding steroid dienone is 16. The molecule has 0 saturated heterocycles. The zero-order valence-corrected chi connectivity index (χ0v) is 55.2. The number of halogens is 48. The summed E-state index contributed by atoms with van der Waals surface area (Å²) < 4.78 is 542. The second kappa shape index (κ2) is 52.5. The van der Waals surface area contributed by atoms with Crippen LogP contribution in [0.1, 0.15) is 0 Å². The van der Waals surface area contributed by atoms with Gasteiger partial charge in [0, 0.05) is 0 Å². The molecule has 0 atom stereocenters. The van der Waals surface area contributed by atoms with E-state index in [-0.39, 0.29) is 109 Å². The van der Waals surface area contributed by atoms with E-state index in [1.165, 1.54) is 0 Å². The van der Waals surface area contributed by atoms with Gasteiger partial charge in [-0.2, -0.15) is 211 Å². The third-order valence-corrected chi connectivity index (χ3v) is 6.57. The summed E-state index contributed by atoms with van der Waals surface area (Å²) in [5.74, 6) is -45.2. The van der Waals surface area contributed by atoms with Crippen LogP contribution in [-0.4, -0.2) is 145 Å². The molecule has 0 aromatic heterocycles. The van der Waals surface area contributed by atoms with Gasteiger partial charge in [0.05, 0.1) is 0 Å². The van der Waals surface area contributed by atoms with Gasteiger partial charge in [-0.1, -0.05) is 0 Å². The van der Waals surface area contributed by atoms with E-state index in [0.29, 0.717) is 0 Å². The molecule has 0 aliphatic heterocycles. The maximum Gasteiger partial charge on any atom is 4.00 e. The summed E-state index contributed by atoms with van der Waals surface area (Å²) in [4.78, 5) is 78.6. The van der Waals surface area contributed by atoms with Crippen molar-refractivity contribution < 1.29 is 399 Å². The van der Waals surface area contributed by atoms with E-state index in [4.69, 9.17) is 0 Å². The number of rotatable bonds is 8. The Kier molecular flexibility index (Phi) is 67.2. The number of hydrogen-bond donors (Lipinski definition) is 0. The first-order valence-electron chi connectivity index (χ1n) is 21.0. The smallest absolute Gasteiger partial charge is 2.00 e. The van der Waals surface area contributed by atoms with Crippen LogP contribution in [0, 0.1) is 0 Å². The first-order valence-corrected chi connectivity index (χ1v) is 21.0. The SMILES string of the molecule is O=C(/C=C(\[O-])C(F)(F)F)C(F)(F)F.O=C(/C=C(\[O-])C(F)(F)F)C(F)(F)F.O=C(/C=C(\[O-])C(F)(F)F)C(F)(F)F.O=C(/C=C(\[O-])C(F)(F)F)C(F)(F)F.O=C(/C=C(\[O-])C(F)(F)F)C(F)(F)F.O=C(/C=C(\[O-])C(F)(F)F)C(F)(F)F.O=C(/C=C(\[O-])C(F)(F)F)C(F)(F)F.O=C(/C=C(\[O-])C(F)(F)F)C(F)(F)F.[O-2].[O-2].[O-2].[O-2].[Ti+4].[Ti+4].[Ti+4].[Ti+4]. The quantitative estimate of drug-likeness (QED) is 0.103. The Balaban J connectivity index is -0.0000000665. The molecule has 0 saturated carbocycles. The van der Waals surface area contributed by atoms with Gasteiger partial charge in [0.2, 0.25) is 0 Å². The van der Waals surface area contributed by atoms with Crippen molar-refractivity contribution in [2.75, 3.05) is 0 Å². The summed E-state index contributed by atoms with van der Waals surface area (Å²) in [5.41, 5.74) is 0. The molecule has 112 heavy (non-hydrogen) atoms. The second-order valence-corrected chi connectivity index (χ2v) is 14.9. The van der Waals surface area contributed by atoms with E-state index < -0.39 is 240 Å². The summed E-state index contributed by atoms with van der Waals surface area (Å²) in [6.07, 6.45) is -95.5. The minimum absolute atomic E-state index is 0. The van der Waals surface area contributed by atoms with Crippen molar-refractivity contribution in [3.63, 3.8) is 0 Å². The third kappa shape index (κ3) is 73.2. The largest absolute Gasteiger partial charge is 4.00 e. The normalized spacial score (nSPS) is 13.4. The summed E-state index contributed by atoms with van der Waals surface area (Å²) in [7, 11) is 0. The molecule has 0 fully saturated rings. The van der Waals surface area contributed by atoms with Crippen molar-refractivity contribution in [3.8, 4) is 0 Å². The van der Waals surface area contributed by atoms with Gasteiger partial charge < -0.3 is 62.8 Å². The van der Waals surface area contributed by atoms with Crippen LogP contribution in [0.2, 0.25) is 0 Å². The zero-order valence-electron chi connectivity index (χ0n) is 48.9. The Hall–Kier alpha value is -6.98. The van der Waals surface area contributed by atoms with Gasteiger partial charge in [-0.05, 0) is 94.7 Å². The number of hydrogen-bond acceptors (Lipinski definition) is 16. The standard InChI is InChI=1S/8C5H2F6O2.4O.4Ti/c8*6-4(7,8)2(12)1-3(13)5(9,10)11;;;;;;;;/h8*1,12H;;;;;;;;/q;;;;;;;;4*-2;4*+4/p-8/b8*2-1-;;;;;;;;. The molecule has 0 radical (unpaired) electrons. The van der Waals surface area contributed by atoms with Crippen molar-refractivity contribution in [2.24, 2.45) is 0 Å². The van der Waals surface area contributed by atoms with Crippen LogP contribution < -0.4 is 40.9 Å². The van der Waals surface area contributed by atoms with Gasteiger partial charge in [-0.25, -0.2) is 0 Å². The molecule has 0 unspecified atom stereocenters. The van der Waals surface area contributed by atoms with Crippen LogP contribution in [0.15, 0.2) is 94.7 Å². The van der Waals surface area contributed by atoms with Crippen LogP contribution in [-0.2, 0) is 147 Å². The summed E-state index contributed by atoms with van der Waals surface area (Å²) in [6, 6.07) is 0. The molecule has 0 N–H and O–H groups in total. The van der Waals surface area contributed by atoms with Crippen LogP contribution in [0.4, 0.5) is 211 Å². The van der Waals surface area contributed by atoms with Crippen molar-refractivity contribution in [3.05, 3.63) is 94.7 Å². The predicted octanol–water partition coefficient (Wildman–Crippen LogP) is 6.91. The van der Waals surface area contributed by atoms with Crippen molar-refractivity contribution in [1.82, 2.24) is 0 Å². The van der Waals surface area contributed by atoms with Gasteiger partial charge >= 0.3 is 186 Å². The summed E-state index contributed by atoms with van der Waals surface area (Å²) in [5, 5.41) is 78.6. The Bertz CT molecular complexity index is 2530. The first kappa shape index (κ1) is 143. The Morgan fingerprint density at radius 2 is 0.179 bits per heavy atom. The molecular formula is C40H8F48O20Ti4. The Morgan fingerprint density at radius 3 is 0.205 bits per heavy atom. The van der Waals surface area contributed by atoms with Crippen LogP contribution >= 0.6 is 0 Å². The molecular weight excluding hydrogens is 1900 g/mol. The van der Waals surface area contributed by atoms with Crippen LogP contribution in [0.5, 0.6) is 0 Å². The average molecular weight is 1910 g/mol. The summed E-state index contributed by atoms with van der Waals surface area (Å²) in [6.45, 7) is 0. The second-order valence-electron chi connectivity index (χ2n) is 14.9. The van der Waals surface area contributed by atoms with Crippen molar-refractivity contribution in [2.45, 2.75) is 98.8 Å². The predicted molar refractivity (Wildman–Crippen MR) is 204 cm³/mol. The third-order valence-electron chi connectivity index (χ3n) is 6.57. The summed E-state index contributed by atoms with van der Waals surface area (Å²) >= 11 is 0. The molecule has 640 valence electrons. The molecule has 20 nitrogen and oxygen atoms in total. The number of carbonyl (C=O) groups is 8. The average Bonchev–Trinajstić information content (AvgIpc) is 0.915. The maximum atomic E-state index is 11.3. The van der Waals surface area contributed by atoms with Crippen LogP contribution in [0.25, 0.3) is 0 Å². The minimum atomic E-state index is -5.46. The number of ketones is 8. The van der Waals surface area contributed by atoms with Gasteiger partial charge in [-0.15, -0.1) is 0 Å². The van der Waals surface area contributed by atoms with Gasteiger partial charge in [0.1, 0.15) is 0 Å². The molecule has 0 aliphatic rings. The monoisotopic (exact) mass is 1910 g/mol. The van der Waals surface area contributed by atoms with Gasteiger partial charge in [-0.3, -0.25) is 38.4 Å². The maximum absolute atomic E-state index is 11.3. The Morgan fingerprint density at radius 1 is 0.134 bits per heavy atom. The molecule has 0 aromatic carbocycles. The molecule has 0 bridgehead atoms. The molecule has 0 aromatic rings. The van der Waals surface area contributed by atoms with Gasteiger partial charge in [0.15, 0.2) is 0 Å².